The number of carboxylic acids is 1. The monoisotopic (exact) mass is 264 g/mol. The summed E-state index contributed by atoms with van der Waals surface area (Å²) >= 11 is 1.83. The molecule has 1 aromatic carbocycles. The van der Waals surface area contributed by atoms with E-state index in [0.717, 1.165) is 12.8 Å². The van der Waals surface area contributed by atoms with E-state index < -0.39 is 11.4 Å². The summed E-state index contributed by atoms with van der Waals surface area (Å²) < 4.78 is 0. The molecule has 0 saturated heterocycles. The maximum atomic E-state index is 11.5. The van der Waals surface area contributed by atoms with Crippen LogP contribution in [0.5, 0.6) is 0 Å². The number of carboxylic acid groups (broad SMARTS) is 1. The third-order valence-electron chi connectivity index (χ3n) is 4.13. The fourth-order valence-electron chi connectivity index (χ4n) is 2.41. The van der Waals surface area contributed by atoms with Crippen molar-refractivity contribution in [3.63, 3.8) is 0 Å². The van der Waals surface area contributed by atoms with Gasteiger partial charge in [-0.2, -0.15) is 0 Å². The van der Waals surface area contributed by atoms with Gasteiger partial charge in [-0.15, -0.1) is 11.8 Å². The van der Waals surface area contributed by atoms with Crippen LogP contribution in [0.2, 0.25) is 0 Å². The minimum Gasteiger partial charge on any atom is -0.481 e. The minimum absolute atomic E-state index is 0.152. The van der Waals surface area contributed by atoms with Gasteiger partial charge in [0.15, 0.2) is 0 Å². The van der Waals surface area contributed by atoms with Crippen LogP contribution >= 0.6 is 11.8 Å². The number of aliphatic carboxylic acids is 1. The molecule has 0 amide bonds. The lowest BCUT2D eigenvalue weighted by Crippen LogP contribution is -2.36. The molecule has 0 fully saturated rings. The van der Waals surface area contributed by atoms with Crippen molar-refractivity contribution in [2.24, 2.45) is 11.3 Å². The van der Waals surface area contributed by atoms with Crippen molar-refractivity contribution in [1.82, 2.24) is 0 Å². The Bertz CT molecular complexity index is 431. The number of hydrogen-bond donors (Lipinski definition) is 1. The molecule has 0 spiro atoms. The van der Waals surface area contributed by atoms with E-state index in [1.54, 1.807) is 0 Å². The third-order valence-corrected chi connectivity index (χ3v) is 5.45. The van der Waals surface area contributed by atoms with Gasteiger partial charge in [-0.3, -0.25) is 4.79 Å². The van der Waals surface area contributed by atoms with Crippen molar-refractivity contribution < 1.29 is 9.90 Å². The molecule has 1 aliphatic heterocycles. The van der Waals surface area contributed by atoms with E-state index in [9.17, 15) is 9.90 Å². The standard InChI is InChI=1S/C15H20O2S/c1-10(2)15(3,14(16)17)9-12-8-11-6-4-5-7-13(11)18-12/h4-7,10,12H,8-9H2,1-3H3,(H,16,17). The lowest BCUT2D eigenvalue weighted by atomic mass is 9.75. The number of hydrogen-bond acceptors (Lipinski definition) is 2. The molecule has 1 N–H and O–H groups in total. The van der Waals surface area contributed by atoms with Crippen molar-refractivity contribution in [3.8, 4) is 0 Å². The van der Waals surface area contributed by atoms with Gasteiger partial charge in [-0.25, -0.2) is 0 Å². The van der Waals surface area contributed by atoms with Crippen molar-refractivity contribution in [2.75, 3.05) is 0 Å². The van der Waals surface area contributed by atoms with E-state index in [2.05, 4.69) is 18.2 Å². The molecule has 2 rings (SSSR count). The topological polar surface area (TPSA) is 37.3 Å². The zero-order chi connectivity index (χ0) is 13.3. The van der Waals surface area contributed by atoms with Crippen molar-refractivity contribution >= 4 is 17.7 Å². The van der Waals surface area contributed by atoms with Gasteiger partial charge >= 0.3 is 5.97 Å². The highest BCUT2D eigenvalue weighted by Gasteiger charge is 2.40. The number of rotatable bonds is 4. The summed E-state index contributed by atoms with van der Waals surface area (Å²) in [7, 11) is 0. The summed E-state index contributed by atoms with van der Waals surface area (Å²) in [6.45, 7) is 5.88. The highest BCUT2D eigenvalue weighted by molar-refractivity contribution is 8.00. The highest BCUT2D eigenvalue weighted by Crippen LogP contribution is 2.44. The Kier molecular flexibility index (Phi) is 3.71. The van der Waals surface area contributed by atoms with Crippen LogP contribution in [0.3, 0.4) is 0 Å². The number of fused-ring (bicyclic) bond motifs is 1. The average Bonchev–Trinajstić information content (AvgIpc) is 2.70. The average molecular weight is 264 g/mol. The molecule has 3 heteroatoms. The smallest absolute Gasteiger partial charge is 0.309 e. The molecule has 0 aliphatic carbocycles. The number of carbonyl (C=O) groups is 1. The first-order valence-corrected chi connectivity index (χ1v) is 7.29. The normalized spacial score (nSPS) is 21.7. The van der Waals surface area contributed by atoms with E-state index >= 15 is 0 Å². The molecule has 2 nitrogen and oxygen atoms in total. The van der Waals surface area contributed by atoms with Crippen LogP contribution in [-0.2, 0) is 11.2 Å². The molecule has 0 aromatic heterocycles. The Morgan fingerprint density at radius 2 is 2.17 bits per heavy atom. The molecular weight excluding hydrogens is 244 g/mol. The first-order valence-electron chi connectivity index (χ1n) is 6.41. The summed E-state index contributed by atoms with van der Waals surface area (Å²) in [5.41, 5.74) is 0.740. The molecule has 18 heavy (non-hydrogen) atoms. The summed E-state index contributed by atoms with van der Waals surface area (Å²) in [5, 5.41) is 9.87. The lowest BCUT2D eigenvalue weighted by Gasteiger charge is -2.31. The van der Waals surface area contributed by atoms with Gasteiger partial charge in [0.1, 0.15) is 0 Å². The predicted molar refractivity (Wildman–Crippen MR) is 75.0 cm³/mol. The third kappa shape index (κ3) is 2.41. The largest absolute Gasteiger partial charge is 0.481 e. The Labute approximate surface area is 113 Å². The molecular formula is C15H20O2S. The van der Waals surface area contributed by atoms with Gasteiger partial charge in [-0.05, 0) is 37.3 Å². The van der Waals surface area contributed by atoms with Gasteiger partial charge in [0, 0.05) is 10.1 Å². The molecule has 1 aliphatic rings. The Hall–Kier alpha value is -0.960. The quantitative estimate of drug-likeness (QED) is 0.897. The van der Waals surface area contributed by atoms with Gasteiger partial charge < -0.3 is 5.11 Å². The van der Waals surface area contributed by atoms with E-state index in [4.69, 9.17) is 0 Å². The fourth-order valence-corrected chi connectivity index (χ4v) is 3.92. The molecule has 2 unspecified atom stereocenters. The van der Waals surface area contributed by atoms with E-state index in [1.165, 1.54) is 10.5 Å². The van der Waals surface area contributed by atoms with Crippen LogP contribution in [0, 0.1) is 11.3 Å². The molecule has 1 aromatic rings. The number of thioether (sulfide) groups is 1. The second-order valence-corrected chi connectivity index (χ2v) is 6.98. The maximum absolute atomic E-state index is 11.5. The van der Waals surface area contributed by atoms with Crippen molar-refractivity contribution in [3.05, 3.63) is 29.8 Å². The molecule has 2 atom stereocenters. The van der Waals surface area contributed by atoms with Gasteiger partial charge in [0.2, 0.25) is 0 Å². The van der Waals surface area contributed by atoms with Crippen LogP contribution < -0.4 is 0 Å². The highest BCUT2D eigenvalue weighted by atomic mass is 32.2. The minimum atomic E-state index is -0.672. The van der Waals surface area contributed by atoms with Crippen molar-refractivity contribution in [2.45, 2.75) is 43.8 Å². The first-order chi connectivity index (χ1) is 8.43. The Morgan fingerprint density at radius 1 is 1.50 bits per heavy atom. The zero-order valence-electron chi connectivity index (χ0n) is 11.1. The molecule has 0 saturated carbocycles. The van der Waals surface area contributed by atoms with Crippen LogP contribution in [0.1, 0.15) is 32.8 Å². The fraction of sp³-hybridized carbons (Fsp3) is 0.533. The molecule has 98 valence electrons. The van der Waals surface area contributed by atoms with Crippen molar-refractivity contribution in [1.29, 1.82) is 0 Å². The second-order valence-electron chi connectivity index (χ2n) is 5.63. The number of benzene rings is 1. The second kappa shape index (κ2) is 4.96. The van der Waals surface area contributed by atoms with Crippen LogP contribution in [0.4, 0.5) is 0 Å². The van der Waals surface area contributed by atoms with E-state index in [1.807, 2.05) is 38.6 Å². The van der Waals surface area contributed by atoms with Crippen LogP contribution in [0.15, 0.2) is 29.2 Å². The molecule has 0 radical (unpaired) electrons. The van der Waals surface area contributed by atoms with Gasteiger partial charge in [0.05, 0.1) is 5.41 Å². The van der Waals surface area contributed by atoms with Gasteiger partial charge in [-0.1, -0.05) is 32.0 Å². The maximum Gasteiger partial charge on any atom is 0.309 e. The van der Waals surface area contributed by atoms with Gasteiger partial charge in [0.25, 0.3) is 0 Å². The van der Waals surface area contributed by atoms with Crippen LogP contribution in [0.25, 0.3) is 0 Å². The van der Waals surface area contributed by atoms with E-state index in [0.29, 0.717) is 5.25 Å². The lowest BCUT2D eigenvalue weighted by molar-refractivity contribution is -0.151. The zero-order valence-corrected chi connectivity index (χ0v) is 12.0. The van der Waals surface area contributed by atoms with E-state index in [-0.39, 0.29) is 5.92 Å². The Balaban J connectivity index is 2.11. The summed E-state index contributed by atoms with van der Waals surface area (Å²) in [6.07, 6.45) is 1.73. The van der Waals surface area contributed by atoms with Crippen LogP contribution in [-0.4, -0.2) is 16.3 Å². The Morgan fingerprint density at radius 3 is 2.72 bits per heavy atom. The molecule has 0 bridgehead atoms. The summed E-state index contributed by atoms with van der Waals surface area (Å²) in [4.78, 5) is 12.8. The predicted octanol–water partition coefficient (Wildman–Crippen LogP) is 3.84. The first kappa shape index (κ1) is 13.5. The molecule has 1 heterocycles. The SMILES string of the molecule is CC(C)C(C)(CC1Cc2ccccc2S1)C(=O)O. The summed E-state index contributed by atoms with van der Waals surface area (Å²) in [5.74, 6) is -0.520. The summed E-state index contributed by atoms with van der Waals surface area (Å²) in [6, 6.07) is 8.39.